The lowest BCUT2D eigenvalue weighted by atomic mass is 10.1. The van der Waals surface area contributed by atoms with Gasteiger partial charge in [0.25, 0.3) is 0 Å². The maximum absolute atomic E-state index is 12.9. The molecule has 0 radical (unpaired) electrons. The van der Waals surface area contributed by atoms with Gasteiger partial charge in [0, 0.05) is 25.7 Å². The molecule has 39 heavy (non-hydrogen) atoms. The fraction of sp³-hybridized carbons (Fsp3) is 0.292. The van der Waals surface area contributed by atoms with Crippen LogP contribution in [0.25, 0.3) is 0 Å². The molecular formula is C24H23Cl2F3N4O5S. The summed E-state index contributed by atoms with van der Waals surface area (Å²) >= 11 is 11.6. The van der Waals surface area contributed by atoms with Crippen LogP contribution in [0.3, 0.4) is 0 Å². The summed E-state index contributed by atoms with van der Waals surface area (Å²) in [5, 5.41) is 10.8. The number of carbonyl (C=O) groups excluding carboxylic acids is 1. The number of nitrogens with zero attached hydrogens (tertiary/aromatic N) is 3. The van der Waals surface area contributed by atoms with E-state index in [-0.39, 0.29) is 18.9 Å². The zero-order chi connectivity index (χ0) is 29.0. The summed E-state index contributed by atoms with van der Waals surface area (Å²) in [4.78, 5) is 28.2. The Morgan fingerprint density at radius 2 is 1.79 bits per heavy atom. The SMILES string of the molecule is CN(CC=CC(=O)CNCc1ccc(C2=NCCN2C(=O)O)cc1)S(=O)(=O)c1c(Cl)cc(C(F)(F)F)cc1Cl. The lowest BCUT2D eigenvalue weighted by molar-refractivity contribution is -0.137. The van der Waals surface area contributed by atoms with Crippen molar-refractivity contribution in [1.82, 2.24) is 14.5 Å². The number of likely N-dealkylation sites (N-methyl/N-ethyl adjacent to an activating group) is 1. The molecule has 1 heterocycles. The molecule has 0 unspecified atom stereocenters. The molecule has 0 fully saturated rings. The lowest BCUT2D eigenvalue weighted by Gasteiger charge is -2.18. The van der Waals surface area contributed by atoms with Crippen molar-refractivity contribution in [3.63, 3.8) is 0 Å². The predicted octanol–water partition coefficient (Wildman–Crippen LogP) is 4.29. The highest BCUT2D eigenvalue weighted by Crippen LogP contribution is 2.38. The number of halogens is 5. The van der Waals surface area contributed by atoms with Crippen LogP contribution >= 0.6 is 23.2 Å². The zero-order valence-corrected chi connectivity index (χ0v) is 22.7. The zero-order valence-electron chi connectivity index (χ0n) is 20.4. The van der Waals surface area contributed by atoms with E-state index in [0.717, 1.165) is 9.87 Å². The van der Waals surface area contributed by atoms with Crippen molar-refractivity contribution < 1.29 is 36.3 Å². The summed E-state index contributed by atoms with van der Waals surface area (Å²) < 4.78 is 65.2. The van der Waals surface area contributed by atoms with E-state index in [1.807, 2.05) is 0 Å². The summed E-state index contributed by atoms with van der Waals surface area (Å²) in [7, 11) is -3.18. The van der Waals surface area contributed by atoms with Crippen LogP contribution in [-0.4, -0.2) is 73.7 Å². The Bertz CT molecular complexity index is 1390. The number of rotatable bonds is 10. The normalized spacial score (nSPS) is 14.3. The largest absolute Gasteiger partial charge is 0.465 e. The van der Waals surface area contributed by atoms with Crippen LogP contribution in [0.5, 0.6) is 0 Å². The number of ketones is 1. The van der Waals surface area contributed by atoms with Gasteiger partial charge in [-0.3, -0.25) is 14.7 Å². The molecule has 0 bridgehead atoms. The number of nitrogens with one attached hydrogen (secondary N) is 1. The molecule has 1 aliphatic rings. The molecule has 1 aliphatic heterocycles. The molecule has 0 aliphatic carbocycles. The quantitative estimate of drug-likeness (QED) is 0.389. The first kappa shape index (κ1) is 30.6. The molecule has 1 amide bonds. The van der Waals surface area contributed by atoms with E-state index in [4.69, 9.17) is 23.2 Å². The Morgan fingerprint density at radius 3 is 2.36 bits per heavy atom. The Hall–Kier alpha value is -2.97. The van der Waals surface area contributed by atoms with Crippen LogP contribution < -0.4 is 5.32 Å². The van der Waals surface area contributed by atoms with E-state index < -0.39 is 42.8 Å². The summed E-state index contributed by atoms with van der Waals surface area (Å²) in [6.07, 6.45) is -3.36. The van der Waals surface area contributed by atoms with Crippen molar-refractivity contribution in [2.75, 3.05) is 33.2 Å². The van der Waals surface area contributed by atoms with Gasteiger partial charge in [-0.2, -0.15) is 17.5 Å². The Morgan fingerprint density at radius 1 is 1.18 bits per heavy atom. The molecule has 2 aromatic rings. The Kier molecular flexibility index (Phi) is 9.78. The minimum absolute atomic E-state index is 0.0508. The van der Waals surface area contributed by atoms with Crippen molar-refractivity contribution >= 4 is 50.9 Å². The number of carboxylic acid groups (broad SMARTS) is 1. The van der Waals surface area contributed by atoms with E-state index in [9.17, 15) is 36.3 Å². The third-order valence-corrected chi connectivity index (χ3v) is 8.32. The van der Waals surface area contributed by atoms with Gasteiger partial charge >= 0.3 is 12.3 Å². The third-order valence-electron chi connectivity index (χ3n) is 5.57. The van der Waals surface area contributed by atoms with E-state index in [0.29, 0.717) is 43.2 Å². The predicted molar refractivity (Wildman–Crippen MR) is 140 cm³/mol. The molecule has 15 heteroatoms. The van der Waals surface area contributed by atoms with Crippen molar-refractivity contribution in [3.8, 4) is 0 Å². The topological polar surface area (TPSA) is 119 Å². The van der Waals surface area contributed by atoms with E-state index in [1.54, 1.807) is 24.3 Å². The van der Waals surface area contributed by atoms with Gasteiger partial charge in [0.1, 0.15) is 10.7 Å². The van der Waals surface area contributed by atoms with Crippen molar-refractivity contribution in [1.29, 1.82) is 0 Å². The summed E-state index contributed by atoms with van der Waals surface area (Å²) in [5.74, 6) is 0.0394. The van der Waals surface area contributed by atoms with Gasteiger partial charge in [-0.25, -0.2) is 13.2 Å². The molecule has 210 valence electrons. The number of carbonyl (C=O) groups is 2. The monoisotopic (exact) mass is 606 g/mol. The standard InChI is InChI=1S/C24H23Cl2F3N4O5S/c1-32(39(37,38)21-19(25)11-17(12-20(21)26)24(27,28)29)9-2-3-18(34)14-30-13-15-4-6-16(7-5-15)22-31-8-10-33(22)23(35)36/h2-7,11-12,30H,8-10,13-14H2,1H3,(H,35,36). The van der Waals surface area contributed by atoms with E-state index in [2.05, 4.69) is 10.3 Å². The fourth-order valence-corrected chi connectivity index (χ4v) is 5.87. The maximum Gasteiger partial charge on any atom is 0.416 e. The van der Waals surface area contributed by atoms with Crippen LogP contribution in [0.1, 0.15) is 16.7 Å². The number of hydrogen-bond donors (Lipinski definition) is 2. The molecule has 0 atom stereocenters. The molecule has 9 nitrogen and oxygen atoms in total. The van der Waals surface area contributed by atoms with Gasteiger partial charge in [0.15, 0.2) is 5.78 Å². The first-order chi connectivity index (χ1) is 18.2. The molecule has 3 rings (SSSR count). The molecule has 0 aromatic heterocycles. The van der Waals surface area contributed by atoms with Crippen LogP contribution in [0, 0.1) is 0 Å². The van der Waals surface area contributed by atoms with Crippen LogP contribution in [0.15, 0.2) is 58.4 Å². The Balaban J connectivity index is 1.52. The highest BCUT2D eigenvalue weighted by atomic mass is 35.5. The summed E-state index contributed by atoms with van der Waals surface area (Å²) in [5.41, 5.74) is 0.323. The van der Waals surface area contributed by atoms with Crippen LogP contribution in [0.2, 0.25) is 10.0 Å². The number of amides is 1. The number of alkyl halides is 3. The van der Waals surface area contributed by atoms with Gasteiger partial charge in [0.05, 0.1) is 35.2 Å². The fourth-order valence-electron chi connectivity index (χ4n) is 3.60. The third kappa shape index (κ3) is 7.57. The number of sulfonamides is 1. The van der Waals surface area contributed by atoms with Crippen molar-refractivity contribution in [2.24, 2.45) is 4.99 Å². The molecular weight excluding hydrogens is 584 g/mol. The first-order valence-corrected chi connectivity index (χ1v) is 13.5. The molecule has 2 N–H and O–H groups in total. The average molecular weight is 607 g/mol. The molecule has 0 spiro atoms. The summed E-state index contributed by atoms with van der Waals surface area (Å²) in [6, 6.07) is 8.01. The second-order valence-corrected chi connectivity index (χ2v) is 11.2. The van der Waals surface area contributed by atoms with Gasteiger partial charge in [-0.15, -0.1) is 0 Å². The second-order valence-electron chi connectivity index (χ2n) is 8.36. The smallest absolute Gasteiger partial charge is 0.416 e. The second kappa shape index (κ2) is 12.5. The average Bonchev–Trinajstić information content (AvgIpc) is 3.34. The number of aliphatic imine (C=N–C) groups is 1. The van der Waals surface area contributed by atoms with Gasteiger partial charge in [-0.1, -0.05) is 53.5 Å². The number of amidine groups is 1. The number of benzene rings is 2. The van der Waals surface area contributed by atoms with E-state index >= 15 is 0 Å². The molecule has 0 saturated heterocycles. The Labute approximate surface area is 232 Å². The molecule has 2 aromatic carbocycles. The highest BCUT2D eigenvalue weighted by molar-refractivity contribution is 7.89. The first-order valence-electron chi connectivity index (χ1n) is 11.3. The van der Waals surface area contributed by atoms with Crippen LogP contribution in [0.4, 0.5) is 18.0 Å². The summed E-state index contributed by atoms with van der Waals surface area (Å²) in [6.45, 7) is 0.736. The van der Waals surface area contributed by atoms with Crippen LogP contribution in [-0.2, 0) is 27.5 Å². The lowest BCUT2D eigenvalue weighted by Crippen LogP contribution is -2.33. The van der Waals surface area contributed by atoms with Crippen molar-refractivity contribution in [2.45, 2.75) is 17.6 Å². The number of hydrogen-bond acceptors (Lipinski definition) is 6. The van der Waals surface area contributed by atoms with Gasteiger partial charge in [-0.05, 0) is 23.8 Å². The molecule has 0 saturated carbocycles. The minimum Gasteiger partial charge on any atom is -0.465 e. The van der Waals surface area contributed by atoms with Gasteiger partial charge in [0.2, 0.25) is 10.0 Å². The minimum atomic E-state index is -4.75. The highest BCUT2D eigenvalue weighted by Gasteiger charge is 2.34. The maximum atomic E-state index is 12.9. The van der Waals surface area contributed by atoms with Gasteiger partial charge < -0.3 is 10.4 Å². The van der Waals surface area contributed by atoms with E-state index in [1.165, 1.54) is 24.1 Å². The van der Waals surface area contributed by atoms with Crippen molar-refractivity contribution in [3.05, 3.63) is 75.3 Å².